The predicted molar refractivity (Wildman–Crippen MR) is 95.5 cm³/mol. The highest BCUT2D eigenvalue weighted by Crippen LogP contribution is 2.31. The second kappa shape index (κ2) is 6.85. The van der Waals surface area contributed by atoms with Crippen LogP contribution in [-0.4, -0.2) is 34.8 Å². The van der Waals surface area contributed by atoms with Crippen molar-refractivity contribution in [2.75, 3.05) is 13.1 Å². The molecule has 2 heterocycles. The Morgan fingerprint density at radius 3 is 2.88 bits per heavy atom. The number of hydrogen-bond donors (Lipinski definition) is 2. The van der Waals surface area contributed by atoms with E-state index in [4.69, 9.17) is 22.7 Å². The van der Waals surface area contributed by atoms with Crippen molar-refractivity contribution in [3.63, 3.8) is 0 Å². The zero-order chi connectivity index (χ0) is 17.3. The highest BCUT2D eigenvalue weighted by atomic mass is 35.5. The van der Waals surface area contributed by atoms with Gasteiger partial charge in [-0.2, -0.15) is 0 Å². The number of nitrogens with zero attached hydrogens (tertiary/aromatic N) is 2. The largest absolute Gasteiger partial charge is 0.384 e. The fraction of sp³-hybridized carbons (Fsp3) is 0.389. The smallest absolute Gasteiger partial charge is 0.130 e. The molecular weight excluding hydrogens is 327 g/mol. The molecule has 6 heteroatoms. The minimum Gasteiger partial charge on any atom is -0.384 e. The lowest BCUT2D eigenvalue weighted by Crippen LogP contribution is -2.33. The van der Waals surface area contributed by atoms with Crippen molar-refractivity contribution in [2.45, 2.75) is 32.4 Å². The third-order valence-corrected chi connectivity index (χ3v) is 4.93. The molecule has 1 fully saturated rings. The molecule has 3 rings (SSSR count). The molecule has 0 bridgehead atoms. The number of benzene rings is 1. The number of nitrogens with one attached hydrogen (secondary N) is 1. The number of halogens is 2. The topological polar surface area (TPSA) is 56.4 Å². The molecule has 0 aromatic heterocycles. The lowest BCUT2D eigenvalue weighted by molar-refractivity contribution is 0.278. The van der Waals surface area contributed by atoms with E-state index in [1.807, 2.05) is 0 Å². The van der Waals surface area contributed by atoms with E-state index in [0.29, 0.717) is 28.7 Å². The summed E-state index contributed by atoms with van der Waals surface area (Å²) in [4.78, 5) is 4.53. The van der Waals surface area contributed by atoms with Crippen LogP contribution >= 0.6 is 11.6 Å². The highest BCUT2D eigenvalue weighted by molar-refractivity contribution is 6.31. The summed E-state index contributed by atoms with van der Waals surface area (Å²) in [7, 11) is 0. The number of amidine groups is 1. The van der Waals surface area contributed by atoms with E-state index in [1.165, 1.54) is 6.07 Å². The van der Waals surface area contributed by atoms with E-state index in [2.05, 4.69) is 35.0 Å². The van der Waals surface area contributed by atoms with Gasteiger partial charge in [-0.05, 0) is 24.6 Å². The van der Waals surface area contributed by atoms with Crippen LogP contribution in [0.25, 0.3) is 0 Å². The van der Waals surface area contributed by atoms with Crippen molar-refractivity contribution in [1.82, 2.24) is 9.80 Å². The average Bonchev–Trinajstić information content (AvgIpc) is 2.95. The Bertz CT molecular complexity index is 690. The third kappa shape index (κ3) is 3.13. The molecule has 1 aromatic rings. The number of fused-ring (bicyclic) bond motifs is 1. The van der Waals surface area contributed by atoms with Gasteiger partial charge in [0.2, 0.25) is 0 Å². The Morgan fingerprint density at radius 1 is 1.42 bits per heavy atom. The van der Waals surface area contributed by atoms with Crippen LogP contribution < -0.4 is 5.73 Å². The number of rotatable bonds is 5. The lowest BCUT2D eigenvalue weighted by Gasteiger charge is -2.32. The summed E-state index contributed by atoms with van der Waals surface area (Å²) in [5, 5.41) is 7.74. The molecule has 2 aliphatic rings. The van der Waals surface area contributed by atoms with Crippen LogP contribution in [0.15, 0.2) is 36.2 Å². The van der Waals surface area contributed by atoms with Crippen LogP contribution in [0.3, 0.4) is 0 Å². The predicted octanol–water partition coefficient (Wildman–Crippen LogP) is 3.46. The van der Waals surface area contributed by atoms with Gasteiger partial charge in [0, 0.05) is 41.8 Å². The van der Waals surface area contributed by atoms with E-state index in [1.54, 1.807) is 6.07 Å². The molecule has 24 heavy (non-hydrogen) atoms. The van der Waals surface area contributed by atoms with Crippen LogP contribution in [0.5, 0.6) is 0 Å². The van der Waals surface area contributed by atoms with Gasteiger partial charge in [0.15, 0.2) is 0 Å². The maximum absolute atomic E-state index is 14.4. The molecule has 3 N–H and O–H groups in total. The fourth-order valence-corrected chi connectivity index (χ4v) is 3.63. The molecule has 1 saturated heterocycles. The van der Waals surface area contributed by atoms with Crippen molar-refractivity contribution in [3.05, 3.63) is 58.1 Å². The Labute approximate surface area is 146 Å². The van der Waals surface area contributed by atoms with Crippen LogP contribution in [0.1, 0.15) is 30.9 Å². The first-order valence-corrected chi connectivity index (χ1v) is 8.61. The van der Waals surface area contributed by atoms with Crippen molar-refractivity contribution in [1.29, 1.82) is 5.41 Å². The summed E-state index contributed by atoms with van der Waals surface area (Å²) in [5.41, 5.74) is 6.18. The van der Waals surface area contributed by atoms with Crippen LogP contribution in [0.4, 0.5) is 4.39 Å². The summed E-state index contributed by atoms with van der Waals surface area (Å²) < 4.78 is 14.4. The van der Waals surface area contributed by atoms with Crippen molar-refractivity contribution in [3.8, 4) is 0 Å². The van der Waals surface area contributed by atoms with E-state index in [-0.39, 0.29) is 5.84 Å². The molecule has 1 unspecified atom stereocenters. The van der Waals surface area contributed by atoms with Gasteiger partial charge in [0.25, 0.3) is 0 Å². The van der Waals surface area contributed by atoms with Gasteiger partial charge >= 0.3 is 0 Å². The molecule has 0 amide bonds. The Balaban J connectivity index is 1.82. The van der Waals surface area contributed by atoms with Gasteiger partial charge in [-0.1, -0.05) is 37.1 Å². The summed E-state index contributed by atoms with van der Waals surface area (Å²) in [6.45, 7) is 4.38. The van der Waals surface area contributed by atoms with E-state index in [0.717, 1.165) is 31.8 Å². The zero-order valence-electron chi connectivity index (χ0n) is 13.7. The molecular formula is C18H22ClFN4. The summed E-state index contributed by atoms with van der Waals surface area (Å²) in [5.74, 6) is 0.530. The molecule has 0 radical (unpaired) electrons. The van der Waals surface area contributed by atoms with Crippen LogP contribution in [0.2, 0.25) is 5.02 Å². The van der Waals surface area contributed by atoms with E-state index >= 15 is 0 Å². The molecule has 1 aromatic carbocycles. The summed E-state index contributed by atoms with van der Waals surface area (Å²) in [6, 6.07) is 3.26. The lowest BCUT2D eigenvalue weighted by atomic mass is 10.1. The number of nitrogen functional groups attached to an aromatic ring is 1. The normalized spacial score (nSPS) is 19.5. The quantitative estimate of drug-likeness (QED) is 0.633. The Hall–Kier alpha value is -2.01. The van der Waals surface area contributed by atoms with Crippen LogP contribution in [0, 0.1) is 11.2 Å². The summed E-state index contributed by atoms with van der Waals surface area (Å²) >= 11 is 6.24. The Morgan fingerprint density at radius 2 is 2.21 bits per heavy atom. The maximum atomic E-state index is 14.4. The zero-order valence-corrected chi connectivity index (χ0v) is 14.5. The molecule has 0 aliphatic carbocycles. The number of hydrogen-bond acceptors (Lipinski definition) is 3. The van der Waals surface area contributed by atoms with Crippen molar-refractivity contribution >= 4 is 17.4 Å². The van der Waals surface area contributed by atoms with Gasteiger partial charge < -0.3 is 15.5 Å². The van der Waals surface area contributed by atoms with Crippen molar-refractivity contribution in [2.24, 2.45) is 5.73 Å². The van der Waals surface area contributed by atoms with Crippen molar-refractivity contribution < 1.29 is 4.39 Å². The summed E-state index contributed by atoms with van der Waals surface area (Å²) in [6.07, 6.45) is 8.64. The van der Waals surface area contributed by atoms with Gasteiger partial charge in [-0.15, -0.1) is 0 Å². The fourth-order valence-electron chi connectivity index (χ4n) is 3.36. The second-order valence-corrected chi connectivity index (χ2v) is 6.62. The van der Waals surface area contributed by atoms with Gasteiger partial charge in [-0.25, -0.2) is 4.39 Å². The first kappa shape index (κ1) is 16.8. The van der Waals surface area contributed by atoms with E-state index in [9.17, 15) is 4.39 Å². The first-order valence-electron chi connectivity index (χ1n) is 8.23. The molecule has 1 atom stereocenters. The standard InChI is InChI=1S/C18H22ClFN4/c1-2-4-13-5-3-6-17-23(7-8-24(13)17)11-14-15(19)9-12(18(21)22)10-16(14)20/h3,5-6,9-10,13H,2,4,7-8,11H2,1H3,(H3,21,22). The molecule has 0 saturated carbocycles. The number of nitrogens with two attached hydrogens (primary N) is 1. The monoisotopic (exact) mass is 348 g/mol. The minimum atomic E-state index is -0.414. The average molecular weight is 349 g/mol. The van der Waals surface area contributed by atoms with Gasteiger partial charge in [0.1, 0.15) is 17.5 Å². The van der Waals surface area contributed by atoms with E-state index < -0.39 is 5.82 Å². The minimum absolute atomic E-state index is 0.183. The third-order valence-electron chi connectivity index (χ3n) is 4.59. The molecule has 4 nitrogen and oxygen atoms in total. The second-order valence-electron chi connectivity index (χ2n) is 6.21. The SMILES string of the molecule is CCCC1C=CC=C2N(Cc3c(F)cc(C(=N)N)cc3Cl)CCN21. The van der Waals surface area contributed by atoms with Crippen LogP contribution in [-0.2, 0) is 6.54 Å². The Kier molecular flexibility index (Phi) is 4.81. The molecule has 128 valence electrons. The van der Waals surface area contributed by atoms with Gasteiger partial charge in [-0.3, -0.25) is 5.41 Å². The first-order chi connectivity index (χ1) is 11.5. The number of allylic oxidation sites excluding steroid dienone is 2. The van der Waals surface area contributed by atoms with Gasteiger partial charge in [0.05, 0.1) is 0 Å². The molecule has 0 spiro atoms. The highest BCUT2D eigenvalue weighted by Gasteiger charge is 2.31. The maximum Gasteiger partial charge on any atom is 0.130 e. The molecule has 2 aliphatic heterocycles.